The van der Waals surface area contributed by atoms with Gasteiger partial charge >= 0.3 is 0 Å². The van der Waals surface area contributed by atoms with Crippen molar-refractivity contribution < 1.29 is 0 Å². The lowest BCUT2D eigenvalue weighted by molar-refractivity contribution is 1.08. The summed E-state index contributed by atoms with van der Waals surface area (Å²) in [5.41, 5.74) is 3.77. The van der Waals surface area contributed by atoms with E-state index in [-0.39, 0.29) is 0 Å². The third kappa shape index (κ3) is 1.50. The molecule has 0 spiro atoms. The van der Waals surface area contributed by atoms with Gasteiger partial charge in [-0.05, 0) is 24.5 Å². The highest BCUT2D eigenvalue weighted by molar-refractivity contribution is 5.51. The molecule has 0 amide bonds. The molecule has 60 valence electrons. The number of pyridine rings is 1. The van der Waals surface area contributed by atoms with Crippen LogP contribution in [-0.2, 0) is 6.42 Å². The van der Waals surface area contributed by atoms with E-state index in [0.29, 0.717) is 0 Å². The zero-order valence-corrected chi connectivity index (χ0v) is 7.31. The number of nitrogens with one attached hydrogen (secondary N) is 1. The fourth-order valence-corrected chi connectivity index (χ4v) is 1.28. The van der Waals surface area contributed by atoms with E-state index in [1.54, 1.807) is 0 Å². The van der Waals surface area contributed by atoms with Crippen LogP contribution >= 0.6 is 0 Å². The van der Waals surface area contributed by atoms with Crippen molar-refractivity contribution in [3.8, 4) is 0 Å². The highest BCUT2D eigenvalue weighted by Crippen LogP contribution is 2.17. The van der Waals surface area contributed by atoms with Crippen molar-refractivity contribution in [2.75, 3.05) is 12.4 Å². The molecule has 1 aromatic rings. The van der Waals surface area contributed by atoms with Gasteiger partial charge in [0.1, 0.15) is 0 Å². The first-order valence-electron chi connectivity index (χ1n) is 3.90. The smallest absolute Gasteiger partial charge is 0.0559 e. The monoisotopic (exact) mass is 150 g/mol. The lowest BCUT2D eigenvalue weighted by Crippen LogP contribution is -1.97. The number of nitrogens with zero attached hydrogens (tertiary/aromatic N) is 1. The minimum atomic E-state index is 1.06. The van der Waals surface area contributed by atoms with Crippen LogP contribution in [0.5, 0.6) is 0 Å². The Kier molecular flexibility index (Phi) is 2.47. The Labute approximate surface area is 67.7 Å². The summed E-state index contributed by atoms with van der Waals surface area (Å²) in [7, 11) is 1.93. The number of hydrogen-bond acceptors (Lipinski definition) is 2. The summed E-state index contributed by atoms with van der Waals surface area (Å²) in [5.74, 6) is 0. The lowest BCUT2D eigenvalue weighted by Gasteiger charge is -2.08. The molecule has 0 aliphatic heterocycles. The van der Waals surface area contributed by atoms with E-state index in [2.05, 4.69) is 24.1 Å². The normalized spacial score (nSPS) is 9.73. The van der Waals surface area contributed by atoms with Gasteiger partial charge in [0.2, 0.25) is 0 Å². The Hall–Kier alpha value is -1.05. The predicted octanol–water partition coefficient (Wildman–Crippen LogP) is 1.99. The van der Waals surface area contributed by atoms with Crippen LogP contribution in [0.3, 0.4) is 0 Å². The van der Waals surface area contributed by atoms with E-state index in [9.17, 15) is 0 Å². The Morgan fingerprint density at radius 2 is 2.18 bits per heavy atom. The summed E-state index contributed by atoms with van der Waals surface area (Å²) >= 11 is 0. The fraction of sp³-hybridized carbons (Fsp3) is 0.444. The summed E-state index contributed by atoms with van der Waals surface area (Å²) in [6.07, 6.45) is 4.83. The quantitative estimate of drug-likeness (QED) is 0.697. The molecular formula is C9H14N2. The third-order valence-electron chi connectivity index (χ3n) is 1.90. The summed E-state index contributed by atoms with van der Waals surface area (Å²) in [5, 5.41) is 3.12. The lowest BCUT2D eigenvalue weighted by atomic mass is 10.1. The van der Waals surface area contributed by atoms with Crippen molar-refractivity contribution >= 4 is 5.69 Å². The zero-order valence-electron chi connectivity index (χ0n) is 7.31. The average molecular weight is 150 g/mol. The van der Waals surface area contributed by atoms with E-state index in [4.69, 9.17) is 0 Å². The Bertz CT molecular complexity index is 243. The molecule has 0 fully saturated rings. The Balaban J connectivity index is 3.13. The van der Waals surface area contributed by atoms with Gasteiger partial charge in [0.15, 0.2) is 0 Å². The van der Waals surface area contributed by atoms with E-state index in [1.807, 2.05) is 19.4 Å². The largest absolute Gasteiger partial charge is 0.387 e. The maximum atomic E-state index is 4.10. The predicted molar refractivity (Wildman–Crippen MR) is 47.9 cm³/mol. The van der Waals surface area contributed by atoms with Crippen LogP contribution < -0.4 is 5.32 Å². The minimum absolute atomic E-state index is 1.06. The average Bonchev–Trinajstić information content (AvgIpc) is 2.04. The molecule has 0 atom stereocenters. The zero-order chi connectivity index (χ0) is 8.27. The number of aryl methyl sites for hydroxylation is 1. The summed E-state index contributed by atoms with van der Waals surface area (Å²) in [4.78, 5) is 4.10. The van der Waals surface area contributed by atoms with Gasteiger partial charge in [0.05, 0.1) is 11.9 Å². The van der Waals surface area contributed by atoms with Crippen LogP contribution in [0.2, 0.25) is 0 Å². The molecule has 1 heterocycles. The molecule has 0 aliphatic rings. The van der Waals surface area contributed by atoms with E-state index in [1.165, 1.54) is 11.1 Å². The minimum Gasteiger partial charge on any atom is -0.387 e. The molecule has 0 bridgehead atoms. The Morgan fingerprint density at radius 3 is 2.64 bits per heavy atom. The van der Waals surface area contributed by atoms with Crippen LogP contribution in [0.15, 0.2) is 12.4 Å². The topological polar surface area (TPSA) is 24.9 Å². The van der Waals surface area contributed by atoms with Crippen LogP contribution in [-0.4, -0.2) is 12.0 Å². The molecule has 0 saturated carbocycles. The molecular weight excluding hydrogens is 136 g/mol. The van der Waals surface area contributed by atoms with Gasteiger partial charge in [-0.25, -0.2) is 0 Å². The molecule has 0 aliphatic carbocycles. The SMILES string of the molecule is CCc1c(C)cncc1NC. The van der Waals surface area contributed by atoms with Crippen LogP contribution in [0.4, 0.5) is 5.69 Å². The first-order valence-corrected chi connectivity index (χ1v) is 3.90. The molecule has 11 heavy (non-hydrogen) atoms. The van der Waals surface area contributed by atoms with Crippen LogP contribution in [0, 0.1) is 6.92 Å². The number of hydrogen-bond donors (Lipinski definition) is 1. The standard InChI is InChI=1S/C9H14N2/c1-4-8-7(2)5-11-6-9(8)10-3/h5-6,10H,4H2,1-3H3. The van der Waals surface area contributed by atoms with E-state index in [0.717, 1.165) is 12.1 Å². The highest BCUT2D eigenvalue weighted by Gasteiger charge is 2.00. The van der Waals surface area contributed by atoms with Crippen molar-refractivity contribution in [2.45, 2.75) is 20.3 Å². The van der Waals surface area contributed by atoms with Gasteiger partial charge in [0, 0.05) is 13.2 Å². The first kappa shape index (κ1) is 8.05. The third-order valence-corrected chi connectivity index (χ3v) is 1.90. The molecule has 0 radical (unpaired) electrons. The van der Waals surface area contributed by atoms with Crippen molar-refractivity contribution in [1.82, 2.24) is 4.98 Å². The van der Waals surface area contributed by atoms with Gasteiger partial charge in [-0.1, -0.05) is 6.92 Å². The fourth-order valence-electron chi connectivity index (χ4n) is 1.28. The first-order chi connectivity index (χ1) is 5.29. The summed E-state index contributed by atoms with van der Waals surface area (Å²) in [6, 6.07) is 0. The van der Waals surface area contributed by atoms with Gasteiger partial charge in [-0.2, -0.15) is 0 Å². The van der Waals surface area contributed by atoms with E-state index < -0.39 is 0 Å². The molecule has 1 N–H and O–H groups in total. The van der Waals surface area contributed by atoms with Crippen LogP contribution in [0.1, 0.15) is 18.1 Å². The molecule has 0 saturated heterocycles. The highest BCUT2D eigenvalue weighted by atomic mass is 14.8. The Morgan fingerprint density at radius 1 is 1.45 bits per heavy atom. The van der Waals surface area contributed by atoms with Crippen molar-refractivity contribution in [3.63, 3.8) is 0 Å². The van der Waals surface area contributed by atoms with Gasteiger partial charge in [-0.15, -0.1) is 0 Å². The second-order valence-corrected chi connectivity index (χ2v) is 2.59. The molecule has 2 nitrogen and oxygen atoms in total. The number of anilines is 1. The van der Waals surface area contributed by atoms with Crippen molar-refractivity contribution in [3.05, 3.63) is 23.5 Å². The molecule has 1 aromatic heterocycles. The van der Waals surface area contributed by atoms with E-state index >= 15 is 0 Å². The summed E-state index contributed by atoms with van der Waals surface area (Å²) < 4.78 is 0. The molecule has 2 heteroatoms. The maximum Gasteiger partial charge on any atom is 0.0559 e. The second-order valence-electron chi connectivity index (χ2n) is 2.59. The van der Waals surface area contributed by atoms with Crippen LogP contribution in [0.25, 0.3) is 0 Å². The van der Waals surface area contributed by atoms with Gasteiger partial charge < -0.3 is 5.32 Å². The van der Waals surface area contributed by atoms with Gasteiger partial charge in [-0.3, -0.25) is 4.98 Å². The molecule has 1 rings (SSSR count). The van der Waals surface area contributed by atoms with Crippen molar-refractivity contribution in [2.24, 2.45) is 0 Å². The summed E-state index contributed by atoms with van der Waals surface area (Å²) in [6.45, 7) is 4.25. The van der Waals surface area contributed by atoms with Gasteiger partial charge in [0.25, 0.3) is 0 Å². The second kappa shape index (κ2) is 3.37. The number of rotatable bonds is 2. The molecule has 0 aromatic carbocycles. The van der Waals surface area contributed by atoms with Crippen molar-refractivity contribution in [1.29, 1.82) is 0 Å². The maximum absolute atomic E-state index is 4.10. The number of aromatic nitrogens is 1. The molecule has 0 unspecified atom stereocenters.